The summed E-state index contributed by atoms with van der Waals surface area (Å²) in [6.07, 6.45) is -3.73. The van der Waals surface area contributed by atoms with E-state index in [1.165, 1.54) is 6.07 Å². The Hall–Kier alpha value is -2.51. The van der Waals surface area contributed by atoms with Crippen LogP contribution in [0.1, 0.15) is 5.56 Å². The van der Waals surface area contributed by atoms with Crippen molar-refractivity contribution in [2.75, 3.05) is 19.5 Å². The molecule has 1 N–H and O–H groups in total. The maximum absolute atomic E-state index is 12.6. The van der Waals surface area contributed by atoms with Gasteiger partial charge in [0, 0.05) is 5.69 Å². The van der Waals surface area contributed by atoms with Gasteiger partial charge < -0.3 is 14.8 Å². The minimum Gasteiger partial charge on any atom is -0.466 e. The molecule has 0 heterocycles. The summed E-state index contributed by atoms with van der Waals surface area (Å²) in [6, 6.07) is 4.16. The second-order valence-electron chi connectivity index (χ2n) is 3.78. The third kappa shape index (κ3) is 4.83. The van der Waals surface area contributed by atoms with E-state index in [0.29, 0.717) is 0 Å². The van der Waals surface area contributed by atoms with Crippen LogP contribution in [0.25, 0.3) is 0 Å². The maximum atomic E-state index is 12.6. The monoisotopic (exact) mass is 303 g/mol. The smallest absolute Gasteiger partial charge is 0.416 e. The van der Waals surface area contributed by atoms with E-state index in [9.17, 15) is 22.8 Å². The van der Waals surface area contributed by atoms with Crippen molar-refractivity contribution in [2.24, 2.45) is 0 Å². The summed E-state index contributed by atoms with van der Waals surface area (Å²) in [5.41, 5.74) is -1.26. The van der Waals surface area contributed by atoms with Crippen LogP contribution in [0.15, 0.2) is 36.0 Å². The molecule has 114 valence electrons. The number of esters is 2. The zero-order valence-electron chi connectivity index (χ0n) is 11.2. The molecule has 0 aromatic heterocycles. The van der Waals surface area contributed by atoms with Crippen LogP contribution in [-0.4, -0.2) is 26.2 Å². The lowest BCUT2D eigenvalue weighted by molar-refractivity contribution is -0.138. The Morgan fingerprint density at radius 2 is 1.86 bits per heavy atom. The van der Waals surface area contributed by atoms with Gasteiger partial charge in [-0.05, 0) is 18.2 Å². The highest BCUT2D eigenvalue weighted by molar-refractivity contribution is 5.98. The lowest BCUT2D eigenvalue weighted by Gasteiger charge is -2.11. The second kappa shape index (κ2) is 6.78. The largest absolute Gasteiger partial charge is 0.466 e. The number of nitrogens with one attached hydrogen (secondary N) is 1. The van der Waals surface area contributed by atoms with Gasteiger partial charge in [0.15, 0.2) is 0 Å². The van der Waals surface area contributed by atoms with Gasteiger partial charge in [-0.25, -0.2) is 9.59 Å². The molecule has 0 fully saturated rings. The van der Waals surface area contributed by atoms with Gasteiger partial charge in [0.1, 0.15) is 5.70 Å². The molecule has 0 radical (unpaired) electrons. The predicted molar refractivity (Wildman–Crippen MR) is 67.2 cm³/mol. The summed E-state index contributed by atoms with van der Waals surface area (Å²) in [5, 5.41) is 2.39. The van der Waals surface area contributed by atoms with Crippen molar-refractivity contribution >= 4 is 17.6 Å². The van der Waals surface area contributed by atoms with Crippen LogP contribution in [0.2, 0.25) is 0 Å². The van der Waals surface area contributed by atoms with Gasteiger partial charge in [0.25, 0.3) is 0 Å². The lowest BCUT2D eigenvalue weighted by Crippen LogP contribution is -2.16. The average molecular weight is 303 g/mol. The molecule has 0 aliphatic carbocycles. The standard InChI is InChI=1S/C13H12F3NO4/c1-20-11(18)7-10(12(19)21-2)17-9-5-3-4-8(6-9)13(14,15)16/h3-7,17H,1-2H3/b10-7-. The first-order valence-electron chi connectivity index (χ1n) is 5.60. The first-order valence-corrected chi connectivity index (χ1v) is 5.60. The van der Waals surface area contributed by atoms with Crippen LogP contribution in [0.5, 0.6) is 0 Å². The van der Waals surface area contributed by atoms with E-state index >= 15 is 0 Å². The quantitative estimate of drug-likeness (QED) is 0.683. The number of methoxy groups -OCH3 is 2. The molecule has 0 amide bonds. The van der Waals surface area contributed by atoms with E-state index in [1.54, 1.807) is 0 Å². The number of anilines is 1. The van der Waals surface area contributed by atoms with Crippen LogP contribution in [-0.2, 0) is 25.2 Å². The number of rotatable bonds is 4. The highest BCUT2D eigenvalue weighted by Crippen LogP contribution is 2.30. The van der Waals surface area contributed by atoms with Gasteiger partial charge in [0.2, 0.25) is 0 Å². The van der Waals surface area contributed by atoms with Crippen molar-refractivity contribution in [2.45, 2.75) is 6.18 Å². The van der Waals surface area contributed by atoms with Gasteiger partial charge in [-0.2, -0.15) is 13.2 Å². The molecule has 0 spiro atoms. The number of halogens is 3. The van der Waals surface area contributed by atoms with Crippen molar-refractivity contribution in [1.29, 1.82) is 0 Å². The fourth-order valence-corrected chi connectivity index (χ4v) is 1.36. The van der Waals surface area contributed by atoms with Gasteiger partial charge >= 0.3 is 18.1 Å². The Morgan fingerprint density at radius 3 is 2.38 bits per heavy atom. The molecule has 0 bridgehead atoms. The third-order valence-corrected chi connectivity index (χ3v) is 2.34. The van der Waals surface area contributed by atoms with Crippen LogP contribution >= 0.6 is 0 Å². The van der Waals surface area contributed by atoms with Crippen molar-refractivity contribution < 1.29 is 32.2 Å². The van der Waals surface area contributed by atoms with E-state index < -0.39 is 23.7 Å². The van der Waals surface area contributed by atoms with Crippen LogP contribution in [0, 0.1) is 0 Å². The van der Waals surface area contributed by atoms with E-state index in [4.69, 9.17) is 0 Å². The normalized spacial score (nSPS) is 11.8. The summed E-state index contributed by atoms with van der Waals surface area (Å²) < 4.78 is 46.5. The highest BCUT2D eigenvalue weighted by Gasteiger charge is 2.30. The number of hydrogen-bond donors (Lipinski definition) is 1. The van der Waals surface area contributed by atoms with Crippen LogP contribution in [0.4, 0.5) is 18.9 Å². The minimum atomic E-state index is -4.52. The van der Waals surface area contributed by atoms with Gasteiger partial charge in [-0.3, -0.25) is 0 Å². The Labute approximate surface area is 118 Å². The van der Waals surface area contributed by atoms with Crippen molar-refractivity contribution in [3.8, 4) is 0 Å². The Morgan fingerprint density at radius 1 is 1.19 bits per heavy atom. The summed E-state index contributed by atoms with van der Waals surface area (Å²) in [6.45, 7) is 0. The fourth-order valence-electron chi connectivity index (χ4n) is 1.36. The zero-order valence-corrected chi connectivity index (χ0v) is 11.2. The third-order valence-electron chi connectivity index (χ3n) is 2.34. The van der Waals surface area contributed by atoms with E-state index in [1.807, 2.05) is 0 Å². The number of benzene rings is 1. The summed E-state index contributed by atoms with van der Waals surface area (Å²) in [7, 11) is 2.17. The summed E-state index contributed by atoms with van der Waals surface area (Å²) in [5.74, 6) is -1.77. The molecule has 0 atom stereocenters. The summed E-state index contributed by atoms with van der Waals surface area (Å²) >= 11 is 0. The molecular weight excluding hydrogens is 291 g/mol. The SMILES string of the molecule is COC(=O)/C=C(\Nc1cccc(C(F)(F)F)c1)C(=O)OC. The van der Waals surface area contributed by atoms with E-state index in [2.05, 4.69) is 14.8 Å². The number of carbonyl (C=O) groups is 2. The van der Waals surface area contributed by atoms with Crippen LogP contribution in [0.3, 0.4) is 0 Å². The Kier molecular flexibility index (Phi) is 5.34. The predicted octanol–water partition coefficient (Wildman–Crippen LogP) is 2.35. The molecule has 8 heteroatoms. The molecule has 0 aliphatic heterocycles. The topological polar surface area (TPSA) is 64.6 Å². The number of alkyl halides is 3. The van der Waals surface area contributed by atoms with E-state index in [0.717, 1.165) is 38.5 Å². The number of hydrogen-bond acceptors (Lipinski definition) is 5. The lowest BCUT2D eigenvalue weighted by atomic mass is 10.2. The van der Waals surface area contributed by atoms with Gasteiger partial charge in [-0.15, -0.1) is 0 Å². The van der Waals surface area contributed by atoms with Crippen molar-refractivity contribution in [1.82, 2.24) is 0 Å². The highest BCUT2D eigenvalue weighted by atomic mass is 19.4. The maximum Gasteiger partial charge on any atom is 0.416 e. The second-order valence-corrected chi connectivity index (χ2v) is 3.78. The average Bonchev–Trinajstić information content (AvgIpc) is 2.45. The molecule has 0 aliphatic rings. The molecule has 0 unspecified atom stereocenters. The van der Waals surface area contributed by atoms with E-state index in [-0.39, 0.29) is 11.4 Å². The van der Waals surface area contributed by atoms with Gasteiger partial charge in [0.05, 0.1) is 25.9 Å². The molecule has 1 aromatic carbocycles. The molecular formula is C13H12F3NO4. The molecule has 1 aromatic rings. The summed E-state index contributed by atoms with van der Waals surface area (Å²) in [4.78, 5) is 22.6. The van der Waals surface area contributed by atoms with Crippen molar-refractivity contribution in [3.63, 3.8) is 0 Å². The van der Waals surface area contributed by atoms with Crippen LogP contribution < -0.4 is 5.32 Å². The first kappa shape index (κ1) is 16.5. The van der Waals surface area contributed by atoms with Gasteiger partial charge in [-0.1, -0.05) is 6.07 Å². The molecule has 0 saturated carbocycles. The number of ether oxygens (including phenoxy) is 2. The Balaban J connectivity index is 3.07. The molecule has 0 saturated heterocycles. The molecule has 1 rings (SSSR count). The van der Waals surface area contributed by atoms with Crippen molar-refractivity contribution in [3.05, 3.63) is 41.6 Å². The Bertz CT molecular complexity index is 567. The molecule has 21 heavy (non-hydrogen) atoms. The zero-order chi connectivity index (χ0) is 16.0. The fraction of sp³-hybridized carbons (Fsp3) is 0.231. The number of carbonyl (C=O) groups excluding carboxylic acids is 2. The molecule has 5 nitrogen and oxygen atoms in total. The minimum absolute atomic E-state index is 0.0228. The first-order chi connectivity index (χ1) is 9.77.